The van der Waals surface area contributed by atoms with E-state index in [0.717, 1.165) is 24.3 Å². The molecule has 0 bridgehead atoms. The van der Waals surface area contributed by atoms with E-state index in [2.05, 4.69) is 31.0 Å². The van der Waals surface area contributed by atoms with E-state index in [1.807, 2.05) is 30.3 Å². The van der Waals surface area contributed by atoms with Crippen LogP contribution in [0, 0.1) is 11.8 Å². The average Bonchev–Trinajstić information content (AvgIpc) is 2.78. The van der Waals surface area contributed by atoms with Crippen molar-refractivity contribution in [1.82, 2.24) is 10.2 Å². The van der Waals surface area contributed by atoms with E-state index in [1.54, 1.807) is 0 Å². The van der Waals surface area contributed by atoms with Crippen LogP contribution >= 0.6 is 0 Å². The van der Waals surface area contributed by atoms with E-state index in [1.165, 1.54) is 6.42 Å². The van der Waals surface area contributed by atoms with Crippen molar-refractivity contribution in [2.45, 2.75) is 58.3 Å². The normalized spacial score (nSPS) is 37.0. The molecular weight excluding hydrogens is 260 g/mol. The molecule has 1 amide bonds. The predicted molar refractivity (Wildman–Crippen MR) is 84.6 cm³/mol. The Morgan fingerprint density at radius 3 is 2.43 bits per heavy atom. The van der Waals surface area contributed by atoms with Crippen molar-refractivity contribution in [2.75, 3.05) is 0 Å². The molecule has 3 rings (SSSR count). The van der Waals surface area contributed by atoms with Crippen LogP contribution in [0.3, 0.4) is 0 Å². The summed E-state index contributed by atoms with van der Waals surface area (Å²) >= 11 is 0. The number of hydrogen-bond donors (Lipinski definition) is 1. The van der Waals surface area contributed by atoms with Gasteiger partial charge in [0.05, 0.1) is 6.17 Å². The summed E-state index contributed by atoms with van der Waals surface area (Å²) in [6.45, 7) is 6.77. The molecule has 1 aromatic rings. The first kappa shape index (κ1) is 14.6. The highest BCUT2D eigenvalue weighted by molar-refractivity contribution is 5.86. The van der Waals surface area contributed by atoms with Gasteiger partial charge in [-0.15, -0.1) is 0 Å². The third-order valence-electron chi connectivity index (χ3n) is 5.42. The molecule has 0 radical (unpaired) electrons. The molecule has 1 saturated carbocycles. The summed E-state index contributed by atoms with van der Waals surface area (Å²) in [6.07, 6.45) is 3.65. The molecule has 3 heteroatoms. The Balaban J connectivity index is 1.77. The number of nitrogens with one attached hydrogen (secondary N) is 1. The van der Waals surface area contributed by atoms with Gasteiger partial charge in [-0.25, -0.2) is 0 Å². The number of carbonyl (C=O) groups is 1. The zero-order valence-electron chi connectivity index (χ0n) is 13.3. The van der Waals surface area contributed by atoms with Crippen molar-refractivity contribution in [1.29, 1.82) is 0 Å². The summed E-state index contributed by atoms with van der Waals surface area (Å²) in [6, 6.07) is 10.3. The minimum absolute atomic E-state index is 0.133. The number of benzene rings is 1. The topological polar surface area (TPSA) is 32.3 Å². The minimum atomic E-state index is -0.171. The Morgan fingerprint density at radius 1 is 1.05 bits per heavy atom. The van der Waals surface area contributed by atoms with Crippen molar-refractivity contribution >= 4 is 5.91 Å². The predicted octanol–water partition coefficient (Wildman–Crippen LogP) is 3.33. The van der Waals surface area contributed by atoms with Crippen molar-refractivity contribution in [3.8, 4) is 0 Å². The first-order chi connectivity index (χ1) is 10.1. The molecule has 21 heavy (non-hydrogen) atoms. The van der Waals surface area contributed by atoms with Gasteiger partial charge in [-0.2, -0.15) is 0 Å². The maximum atomic E-state index is 12.9. The second kappa shape index (κ2) is 5.80. The Morgan fingerprint density at radius 2 is 1.76 bits per heavy atom. The van der Waals surface area contributed by atoms with Gasteiger partial charge in [0.15, 0.2) is 0 Å². The molecule has 1 aromatic carbocycles. The monoisotopic (exact) mass is 286 g/mol. The summed E-state index contributed by atoms with van der Waals surface area (Å²) in [5, 5.41) is 3.47. The maximum Gasteiger partial charge on any atom is 0.245 e. The lowest BCUT2D eigenvalue weighted by molar-refractivity contribution is -0.133. The van der Waals surface area contributed by atoms with Crippen LogP contribution in [0.25, 0.3) is 0 Å². The molecule has 0 aromatic heterocycles. The van der Waals surface area contributed by atoms with Gasteiger partial charge in [0.1, 0.15) is 6.04 Å². The summed E-state index contributed by atoms with van der Waals surface area (Å²) in [4.78, 5) is 15.0. The lowest BCUT2D eigenvalue weighted by Gasteiger charge is -2.39. The van der Waals surface area contributed by atoms with E-state index in [4.69, 9.17) is 0 Å². The molecule has 5 unspecified atom stereocenters. The molecule has 1 saturated heterocycles. The number of amides is 1. The zero-order valence-corrected chi connectivity index (χ0v) is 13.3. The maximum absolute atomic E-state index is 12.9. The highest BCUT2D eigenvalue weighted by Crippen LogP contribution is 2.36. The average molecular weight is 286 g/mol. The van der Waals surface area contributed by atoms with Gasteiger partial charge < -0.3 is 4.90 Å². The molecule has 1 N–H and O–H groups in total. The molecule has 5 atom stereocenters. The molecule has 1 heterocycles. The van der Waals surface area contributed by atoms with Crippen LogP contribution in [-0.2, 0) is 4.79 Å². The van der Waals surface area contributed by atoms with Gasteiger partial charge in [0.2, 0.25) is 5.91 Å². The van der Waals surface area contributed by atoms with Crippen molar-refractivity contribution < 1.29 is 4.79 Å². The second-order valence-corrected chi connectivity index (χ2v) is 6.85. The quantitative estimate of drug-likeness (QED) is 0.904. The summed E-state index contributed by atoms with van der Waals surface area (Å²) in [5.41, 5.74) is 1.08. The van der Waals surface area contributed by atoms with E-state index in [-0.39, 0.29) is 18.1 Å². The first-order valence-electron chi connectivity index (χ1n) is 8.21. The second-order valence-electron chi connectivity index (χ2n) is 6.85. The Labute approximate surface area is 127 Å². The van der Waals surface area contributed by atoms with Gasteiger partial charge in [-0.05, 0) is 43.6 Å². The SMILES string of the molecule is CC1CCC(N2C(=O)C(c3ccccc3)NC2C)CC1C. The Bertz CT molecular complexity index is 501. The number of rotatable bonds is 2. The fourth-order valence-electron chi connectivity index (χ4n) is 3.88. The largest absolute Gasteiger partial charge is 0.323 e. The van der Waals surface area contributed by atoms with Gasteiger partial charge in [-0.3, -0.25) is 10.1 Å². The zero-order chi connectivity index (χ0) is 15.0. The summed E-state index contributed by atoms with van der Waals surface area (Å²) in [5.74, 6) is 1.74. The molecule has 1 aliphatic carbocycles. The Hall–Kier alpha value is -1.35. The molecular formula is C18H26N2O. The van der Waals surface area contributed by atoms with Gasteiger partial charge in [0, 0.05) is 6.04 Å². The van der Waals surface area contributed by atoms with Crippen LogP contribution in [-0.4, -0.2) is 23.0 Å². The summed E-state index contributed by atoms with van der Waals surface area (Å²) in [7, 11) is 0. The summed E-state index contributed by atoms with van der Waals surface area (Å²) < 4.78 is 0. The van der Waals surface area contributed by atoms with Crippen LogP contribution in [0.4, 0.5) is 0 Å². The lowest BCUT2D eigenvalue weighted by Crippen LogP contribution is -2.46. The Kier molecular flexibility index (Phi) is 4.03. The highest BCUT2D eigenvalue weighted by atomic mass is 16.2. The van der Waals surface area contributed by atoms with E-state index in [0.29, 0.717) is 12.0 Å². The van der Waals surface area contributed by atoms with Crippen LogP contribution < -0.4 is 5.32 Å². The highest BCUT2D eigenvalue weighted by Gasteiger charge is 2.42. The number of nitrogens with zero attached hydrogens (tertiary/aromatic N) is 1. The van der Waals surface area contributed by atoms with Crippen LogP contribution in [0.5, 0.6) is 0 Å². The number of hydrogen-bond acceptors (Lipinski definition) is 2. The molecule has 1 aliphatic heterocycles. The van der Waals surface area contributed by atoms with Gasteiger partial charge in [0.25, 0.3) is 0 Å². The van der Waals surface area contributed by atoms with Crippen LogP contribution in [0.2, 0.25) is 0 Å². The van der Waals surface area contributed by atoms with Crippen molar-refractivity contribution in [2.24, 2.45) is 11.8 Å². The molecule has 114 valence electrons. The van der Waals surface area contributed by atoms with Crippen molar-refractivity contribution in [3.05, 3.63) is 35.9 Å². The standard InChI is InChI=1S/C18H26N2O/c1-12-9-10-16(11-13(12)2)20-14(3)19-17(18(20)21)15-7-5-4-6-8-15/h4-8,12-14,16-17,19H,9-11H2,1-3H3. The molecule has 0 spiro atoms. The fourth-order valence-corrected chi connectivity index (χ4v) is 3.88. The van der Waals surface area contributed by atoms with E-state index >= 15 is 0 Å². The van der Waals surface area contributed by atoms with E-state index in [9.17, 15) is 4.79 Å². The number of carbonyl (C=O) groups excluding carboxylic acids is 1. The first-order valence-corrected chi connectivity index (χ1v) is 8.21. The third-order valence-corrected chi connectivity index (χ3v) is 5.42. The van der Waals surface area contributed by atoms with Gasteiger partial charge in [-0.1, -0.05) is 44.2 Å². The van der Waals surface area contributed by atoms with Crippen LogP contribution in [0.1, 0.15) is 51.6 Å². The third kappa shape index (κ3) is 2.71. The lowest BCUT2D eigenvalue weighted by atomic mass is 9.78. The molecule has 2 aliphatic rings. The molecule has 3 nitrogen and oxygen atoms in total. The minimum Gasteiger partial charge on any atom is -0.323 e. The van der Waals surface area contributed by atoms with Crippen molar-refractivity contribution in [3.63, 3.8) is 0 Å². The fraction of sp³-hybridized carbons (Fsp3) is 0.611. The van der Waals surface area contributed by atoms with Crippen LogP contribution in [0.15, 0.2) is 30.3 Å². The molecule has 2 fully saturated rings. The smallest absolute Gasteiger partial charge is 0.245 e. The van der Waals surface area contributed by atoms with Gasteiger partial charge >= 0.3 is 0 Å². The van der Waals surface area contributed by atoms with E-state index < -0.39 is 0 Å².